The molecule has 1 heterocycles. The van der Waals surface area contributed by atoms with Gasteiger partial charge in [0.1, 0.15) is 0 Å². The maximum absolute atomic E-state index is 12.3. The summed E-state index contributed by atoms with van der Waals surface area (Å²) in [6.45, 7) is 0.951. The van der Waals surface area contributed by atoms with Crippen LogP contribution in [0.2, 0.25) is 0 Å². The first kappa shape index (κ1) is 13.4. The maximum Gasteiger partial charge on any atom is 0.425 e. The summed E-state index contributed by atoms with van der Waals surface area (Å²) in [7, 11) is 0. The lowest BCUT2D eigenvalue weighted by Gasteiger charge is -2.16. The molecule has 0 bridgehead atoms. The minimum absolute atomic E-state index is 0.0375. The fraction of sp³-hybridized carbons (Fsp3) is 0.214. The van der Waals surface area contributed by atoms with Crippen LogP contribution in [0.5, 0.6) is 5.88 Å². The smallest absolute Gasteiger partial charge is 0.425 e. The first-order valence-corrected chi connectivity index (χ1v) is 5.71. The number of hydrogen-bond donors (Lipinski definition) is 0. The third kappa shape index (κ3) is 3.47. The average Bonchev–Trinajstić information content (AvgIpc) is 2.39. The molecule has 2 nitrogen and oxygen atoms in total. The Morgan fingerprint density at radius 1 is 1.00 bits per heavy atom. The van der Waals surface area contributed by atoms with Crippen LogP contribution in [0.4, 0.5) is 13.2 Å². The first-order chi connectivity index (χ1) is 8.97. The number of pyridine rings is 1. The van der Waals surface area contributed by atoms with Crippen LogP contribution in [0, 0.1) is 0 Å². The van der Waals surface area contributed by atoms with Crippen molar-refractivity contribution in [3.63, 3.8) is 0 Å². The van der Waals surface area contributed by atoms with Gasteiger partial charge in [-0.3, -0.25) is 0 Å². The summed E-state index contributed by atoms with van der Waals surface area (Å²) in [5, 5.41) is 0. The Bertz CT molecular complexity index is 523. The summed E-state index contributed by atoms with van der Waals surface area (Å²) < 4.78 is 41.7. The second-order valence-electron chi connectivity index (χ2n) is 4.05. The second-order valence-corrected chi connectivity index (χ2v) is 4.05. The predicted octanol–water partition coefficient (Wildman–Crippen LogP) is 4.08. The standard InChI is InChI=1S/C14H12F3NO/c1-10(14(15,16)17)19-13-8-7-12(9-18-13)11-5-3-2-4-6-11/h2-10H,1H3. The molecule has 0 N–H and O–H groups in total. The summed E-state index contributed by atoms with van der Waals surface area (Å²) in [5.41, 5.74) is 1.78. The molecule has 1 atom stereocenters. The van der Waals surface area contributed by atoms with Gasteiger partial charge in [-0.25, -0.2) is 4.98 Å². The average molecular weight is 267 g/mol. The zero-order valence-corrected chi connectivity index (χ0v) is 10.2. The Labute approximate surface area is 108 Å². The summed E-state index contributed by atoms with van der Waals surface area (Å²) >= 11 is 0. The van der Waals surface area contributed by atoms with E-state index >= 15 is 0 Å². The number of nitrogens with zero attached hydrogens (tertiary/aromatic N) is 1. The number of hydrogen-bond acceptors (Lipinski definition) is 2. The number of halogens is 3. The number of benzene rings is 1. The fourth-order valence-electron chi connectivity index (χ4n) is 1.50. The second kappa shape index (κ2) is 5.30. The fourth-order valence-corrected chi connectivity index (χ4v) is 1.50. The zero-order chi connectivity index (χ0) is 13.9. The van der Waals surface area contributed by atoms with Crippen molar-refractivity contribution in [3.8, 4) is 17.0 Å². The summed E-state index contributed by atoms with van der Waals surface area (Å²) in [4.78, 5) is 3.89. The predicted molar refractivity (Wildman–Crippen MR) is 65.8 cm³/mol. The summed E-state index contributed by atoms with van der Waals surface area (Å²) in [5.74, 6) is -0.0375. The minimum Gasteiger partial charge on any atom is -0.465 e. The Morgan fingerprint density at radius 2 is 1.68 bits per heavy atom. The molecular weight excluding hydrogens is 255 g/mol. The highest BCUT2D eigenvalue weighted by atomic mass is 19.4. The highest BCUT2D eigenvalue weighted by Gasteiger charge is 2.38. The lowest BCUT2D eigenvalue weighted by atomic mass is 10.1. The molecule has 5 heteroatoms. The van der Waals surface area contributed by atoms with E-state index in [1.165, 1.54) is 12.3 Å². The van der Waals surface area contributed by atoms with Gasteiger partial charge in [-0.1, -0.05) is 30.3 Å². The van der Waals surface area contributed by atoms with Crippen LogP contribution in [-0.4, -0.2) is 17.3 Å². The Hall–Kier alpha value is -2.04. The largest absolute Gasteiger partial charge is 0.465 e. The molecule has 1 unspecified atom stereocenters. The van der Waals surface area contributed by atoms with Gasteiger partial charge in [0, 0.05) is 17.8 Å². The molecule has 0 saturated carbocycles. The molecule has 100 valence electrons. The van der Waals surface area contributed by atoms with E-state index in [-0.39, 0.29) is 5.88 Å². The van der Waals surface area contributed by atoms with Crippen LogP contribution >= 0.6 is 0 Å². The molecule has 0 aliphatic rings. The van der Waals surface area contributed by atoms with Crippen molar-refractivity contribution in [1.29, 1.82) is 0 Å². The van der Waals surface area contributed by atoms with Crippen molar-refractivity contribution in [2.75, 3.05) is 0 Å². The van der Waals surface area contributed by atoms with Gasteiger partial charge in [0.05, 0.1) is 0 Å². The lowest BCUT2D eigenvalue weighted by molar-refractivity contribution is -0.189. The van der Waals surface area contributed by atoms with Crippen LogP contribution < -0.4 is 4.74 Å². The molecule has 2 aromatic rings. The Kier molecular flexibility index (Phi) is 3.74. The molecule has 0 radical (unpaired) electrons. The van der Waals surface area contributed by atoms with E-state index < -0.39 is 12.3 Å². The minimum atomic E-state index is -4.39. The third-order valence-corrected chi connectivity index (χ3v) is 2.60. The van der Waals surface area contributed by atoms with Gasteiger partial charge in [-0.15, -0.1) is 0 Å². The van der Waals surface area contributed by atoms with Crippen molar-refractivity contribution in [1.82, 2.24) is 4.98 Å². The topological polar surface area (TPSA) is 22.1 Å². The van der Waals surface area contributed by atoms with Crippen molar-refractivity contribution in [2.45, 2.75) is 19.2 Å². The van der Waals surface area contributed by atoms with Crippen molar-refractivity contribution in [3.05, 3.63) is 48.7 Å². The normalized spacial score (nSPS) is 13.1. The SMILES string of the molecule is CC(Oc1ccc(-c2ccccc2)cn1)C(F)(F)F. The van der Waals surface area contributed by atoms with Crippen LogP contribution in [0.25, 0.3) is 11.1 Å². The Morgan fingerprint density at radius 3 is 2.21 bits per heavy atom. The quantitative estimate of drug-likeness (QED) is 0.836. The number of ether oxygens (including phenoxy) is 1. The molecule has 0 aliphatic heterocycles. The monoisotopic (exact) mass is 267 g/mol. The molecule has 19 heavy (non-hydrogen) atoms. The molecule has 0 saturated heterocycles. The molecule has 0 spiro atoms. The van der Waals surface area contributed by atoms with E-state index in [1.54, 1.807) is 6.07 Å². The highest BCUT2D eigenvalue weighted by Crippen LogP contribution is 2.25. The number of rotatable bonds is 3. The third-order valence-electron chi connectivity index (χ3n) is 2.60. The van der Waals surface area contributed by atoms with Gasteiger partial charge >= 0.3 is 6.18 Å². The molecule has 0 aliphatic carbocycles. The summed E-state index contributed by atoms with van der Waals surface area (Å²) in [6, 6.07) is 12.6. The van der Waals surface area contributed by atoms with E-state index in [2.05, 4.69) is 4.98 Å². The molecule has 2 rings (SSSR count). The number of aromatic nitrogens is 1. The number of alkyl halides is 3. The van der Waals surface area contributed by atoms with Crippen molar-refractivity contribution >= 4 is 0 Å². The van der Waals surface area contributed by atoms with Gasteiger partial charge in [-0.05, 0) is 18.6 Å². The van der Waals surface area contributed by atoms with Crippen molar-refractivity contribution < 1.29 is 17.9 Å². The van der Waals surface area contributed by atoms with Crippen LogP contribution in [0.15, 0.2) is 48.7 Å². The van der Waals surface area contributed by atoms with E-state index in [0.29, 0.717) is 0 Å². The molecule has 0 amide bonds. The summed E-state index contributed by atoms with van der Waals surface area (Å²) in [6.07, 6.45) is -4.77. The highest BCUT2D eigenvalue weighted by molar-refractivity contribution is 5.62. The molecule has 1 aromatic heterocycles. The van der Waals surface area contributed by atoms with E-state index in [9.17, 15) is 13.2 Å². The molecule has 1 aromatic carbocycles. The maximum atomic E-state index is 12.3. The zero-order valence-electron chi connectivity index (χ0n) is 10.2. The van der Waals surface area contributed by atoms with Crippen LogP contribution in [-0.2, 0) is 0 Å². The van der Waals surface area contributed by atoms with Crippen LogP contribution in [0.3, 0.4) is 0 Å². The van der Waals surface area contributed by atoms with Crippen LogP contribution in [0.1, 0.15) is 6.92 Å². The van der Waals surface area contributed by atoms with Gasteiger partial charge in [0.25, 0.3) is 0 Å². The molecular formula is C14H12F3NO. The first-order valence-electron chi connectivity index (χ1n) is 5.71. The van der Waals surface area contributed by atoms with Gasteiger partial charge in [0.15, 0.2) is 6.10 Å². The van der Waals surface area contributed by atoms with Gasteiger partial charge in [0.2, 0.25) is 5.88 Å². The van der Waals surface area contributed by atoms with E-state index in [4.69, 9.17) is 4.74 Å². The Balaban J connectivity index is 2.11. The van der Waals surface area contributed by atoms with E-state index in [0.717, 1.165) is 18.1 Å². The van der Waals surface area contributed by atoms with Gasteiger partial charge < -0.3 is 4.74 Å². The molecule has 0 fully saturated rings. The van der Waals surface area contributed by atoms with Gasteiger partial charge in [-0.2, -0.15) is 13.2 Å². The van der Waals surface area contributed by atoms with E-state index in [1.807, 2.05) is 30.3 Å². The van der Waals surface area contributed by atoms with Crippen molar-refractivity contribution in [2.24, 2.45) is 0 Å². The lowest BCUT2D eigenvalue weighted by Crippen LogP contribution is -2.31.